The van der Waals surface area contributed by atoms with Gasteiger partial charge in [0.2, 0.25) is 0 Å². The van der Waals surface area contributed by atoms with Crippen LogP contribution in [0.25, 0.3) is 0 Å². The van der Waals surface area contributed by atoms with Crippen molar-refractivity contribution in [2.24, 2.45) is 0 Å². The van der Waals surface area contributed by atoms with Gasteiger partial charge in [-0.3, -0.25) is 0 Å². The molecule has 0 unspecified atom stereocenters. The molecule has 0 spiro atoms. The molecule has 1 N–H and O–H groups in total. The summed E-state index contributed by atoms with van der Waals surface area (Å²) in [6.45, 7) is 2.40. The lowest BCUT2D eigenvalue weighted by molar-refractivity contribution is -0.137. The van der Waals surface area contributed by atoms with Crippen molar-refractivity contribution in [2.45, 2.75) is 31.7 Å². The van der Waals surface area contributed by atoms with E-state index in [1.165, 1.54) is 12.1 Å². The number of benzene rings is 2. The molecule has 3 rings (SSSR count). The van der Waals surface area contributed by atoms with Gasteiger partial charge < -0.3 is 19.5 Å². The second-order valence-corrected chi connectivity index (χ2v) is 6.75. The highest BCUT2D eigenvalue weighted by Gasteiger charge is 2.34. The third-order valence-electron chi connectivity index (χ3n) is 4.78. The van der Waals surface area contributed by atoms with Crippen LogP contribution in [0.4, 0.5) is 18.9 Å². The van der Waals surface area contributed by atoms with Gasteiger partial charge >= 0.3 is 12.1 Å². The summed E-state index contributed by atoms with van der Waals surface area (Å²) in [5, 5.41) is 9.72. The summed E-state index contributed by atoms with van der Waals surface area (Å²) in [6.07, 6.45) is -4.15. The number of carbonyl (C=O) groups is 1. The molecule has 0 saturated carbocycles. The van der Waals surface area contributed by atoms with Gasteiger partial charge in [-0.25, -0.2) is 4.79 Å². The molecule has 1 fully saturated rings. The first kappa shape index (κ1) is 21.0. The molecule has 0 amide bonds. The normalized spacial score (nSPS) is 19.3. The highest BCUT2D eigenvalue weighted by Crippen LogP contribution is 2.32. The third-order valence-corrected chi connectivity index (χ3v) is 4.78. The Morgan fingerprint density at radius 1 is 1.14 bits per heavy atom. The molecule has 5 nitrogen and oxygen atoms in total. The molecule has 156 valence electrons. The van der Waals surface area contributed by atoms with E-state index in [1.807, 2.05) is 4.90 Å². The van der Waals surface area contributed by atoms with Crippen LogP contribution in [0.2, 0.25) is 0 Å². The van der Waals surface area contributed by atoms with E-state index in [2.05, 4.69) is 0 Å². The highest BCUT2D eigenvalue weighted by molar-refractivity contribution is 5.89. The Labute approximate surface area is 166 Å². The van der Waals surface area contributed by atoms with E-state index in [0.29, 0.717) is 30.9 Å². The van der Waals surface area contributed by atoms with Crippen molar-refractivity contribution in [2.75, 3.05) is 24.7 Å². The Kier molecular flexibility index (Phi) is 6.32. The molecular formula is C21H22F3NO4. The average molecular weight is 409 g/mol. The Hall–Kier alpha value is -2.74. The molecule has 0 aromatic heterocycles. The zero-order valence-electron chi connectivity index (χ0n) is 15.9. The SMILES string of the molecule is CCOC(=O)c1ccc(N2C[C@H](Oc3ccc(C(F)(F)F)cc3)C[C@H]2CO)cc1. The third kappa shape index (κ3) is 5.00. The Morgan fingerprint density at radius 3 is 2.34 bits per heavy atom. The van der Waals surface area contributed by atoms with Crippen LogP contribution in [0, 0.1) is 0 Å². The van der Waals surface area contributed by atoms with Crippen LogP contribution in [0.5, 0.6) is 5.75 Å². The van der Waals surface area contributed by atoms with Crippen molar-refractivity contribution < 1.29 is 32.5 Å². The van der Waals surface area contributed by atoms with Gasteiger partial charge in [0.1, 0.15) is 11.9 Å². The maximum Gasteiger partial charge on any atom is 0.416 e. The van der Waals surface area contributed by atoms with Crippen molar-refractivity contribution in [1.82, 2.24) is 0 Å². The van der Waals surface area contributed by atoms with Crippen LogP contribution in [0.3, 0.4) is 0 Å². The first-order valence-electron chi connectivity index (χ1n) is 9.30. The summed E-state index contributed by atoms with van der Waals surface area (Å²) >= 11 is 0. The second kappa shape index (κ2) is 8.73. The predicted octanol–water partition coefficient (Wildman–Crippen LogP) is 3.90. The van der Waals surface area contributed by atoms with Crippen LogP contribution in [0.15, 0.2) is 48.5 Å². The van der Waals surface area contributed by atoms with Crippen molar-refractivity contribution >= 4 is 11.7 Å². The topological polar surface area (TPSA) is 59.0 Å². The minimum Gasteiger partial charge on any atom is -0.489 e. The van der Waals surface area contributed by atoms with Crippen LogP contribution >= 0.6 is 0 Å². The second-order valence-electron chi connectivity index (χ2n) is 6.75. The van der Waals surface area contributed by atoms with Gasteiger partial charge in [0.25, 0.3) is 0 Å². The minimum atomic E-state index is -4.39. The Balaban J connectivity index is 1.67. The smallest absolute Gasteiger partial charge is 0.416 e. The molecule has 1 aliphatic heterocycles. The van der Waals surface area contributed by atoms with Crippen molar-refractivity contribution in [3.05, 3.63) is 59.7 Å². The molecule has 0 bridgehead atoms. The first-order valence-corrected chi connectivity index (χ1v) is 9.30. The van der Waals surface area contributed by atoms with Crippen LogP contribution in [0.1, 0.15) is 29.3 Å². The fourth-order valence-corrected chi connectivity index (χ4v) is 3.37. The maximum absolute atomic E-state index is 12.7. The molecule has 2 aromatic rings. The summed E-state index contributed by atoms with van der Waals surface area (Å²) < 4.78 is 48.8. The van der Waals surface area contributed by atoms with Crippen LogP contribution in [-0.2, 0) is 10.9 Å². The fraction of sp³-hybridized carbons (Fsp3) is 0.381. The molecule has 2 aromatic carbocycles. The number of rotatable bonds is 6. The molecule has 1 aliphatic rings. The number of ether oxygens (including phenoxy) is 2. The fourth-order valence-electron chi connectivity index (χ4n) is 3.37. The number of aliphatic hydroxyl groups excluding tert-OH is 1. The first-order chi connectivity index (χ1) is 13.8. The molecule has 2 atom stereocenters. The lowest BCUT2D eigenvalue weighted by Crippen LogP contribution is -2.32. The number of alkyl halides is 3. The molecular weight excluding hydrogens is 387 g/mol. The van der Waals surface area contributed by atoms with E-state index in [9.17, 15) is 23.1 Å². The summed E-state index contributed by atoms with van der Waals surface area (Å²) in [5.41, 5.74) is 0.524. The van der Waals surface area contributed by atoms with Gasteiger partial charge in [-0.1, -0.05) is 0 Å². The number of halogens is 3. The number of hydrogen-bond donors (Lipinski definition) is 1. The Morgan fingerprint density at radius 2 is 1.79 bits per heavy atom. The number of anilines is 1. The van der Waals surface area contributed by atoms with E-state index < -0.39 is 17.7 Å². The minimum absolute atomic E-state index is 0.0908. The summed E-state index contributed by atoms with van der Waals surface area (Å²) in [5.74, 6) is -0.0538. The van der Waals surface area contributed by atoms with Gasteiger partial charge in [-0.2, -0.15) is 13.2 Å². The average Bonchev–Trinajstić information content (AvgIpc) is 3.11. The van der Waals surface area contributed by atoms with Gasteiger partial charge in [-0.15, -0.1) is 0 Å². The van der Waals surface area contributed by atoms with E-state index in [-0.39, 0.29) is 18.8 Å². The quantitative estimate of drug-likeness (QED) is 0.734. The van der Waals surface area contributed by atoms with Crippen molar-refractivity contribution in [1.29, 1.82) is 0 Å². The van der Waals surface area contributed by atoms with Crippen LogP contribution < -0.4 is 9.64 Å². The summed E-state index contributed by atoms with van der Waals surface area (Å²) in [7, 11) is 0. The van der Waals surface area contributed by atoms with Gasteiger partial charge in [0.15, 0.2) is 0 Å². The molecule has 29 heavy (non-hydrogen) atoms. The monoisotopic (exact) mass is 409 g/mol. The standard InChI is InChI=1S/C21H22F3NO4/c1-2-28-20(27)14-3-7-16(8-4-14)25-12-19(11-17(25)13-26)29-18-9-5-15(6-10-18)21(22,23)24/h3-10,17,19,26H,2,11-13H2,1H3/t17-,19+/m0/s1. The summed E-state index contributed by atoms with van der Waals surface area (Å²) in [6, 6.07) is 11.2. The van der Waals surface area contributed by atoms with E-state index >= 15 is 0 Å². The molecule has 0 radical (unpaired) electrons. The lowest BCUT2D eigenvalue weighted by Gasteiger charge is -2.25. The molecule has 8 heteroatoms. The summed E-state index contributed by atoms with van der Waals surface area (Å²) in [4.78, 5) is 13.7. The van der Waals surface area contributed by atoms with Gasteiger partial charge in [0, 0.05) is 12.1 Å². The Bertz CT molecular complexity index is 821. The number of hydrogen-bond acceptors (Lipinski definition) is 5. The number of esters is 1. The number of nitrogens with zero attached hydrogens (tertiary/aromatic N) is 1. The number of carbonyl (C=O) groups excluding carboxylic acids is 1. The zero-order valence-corrected chi connectivity index (χ0v) is 15.9. The molecule has 1 heterocycles. The zero-order chi connectivity index (χ0) is 21.0. The van der Waals surface area contributed by atoms with Crippen molar-refractivity contribution in [3.8, 4) is 5.75 Å². The maximum atomic E-state index is 12.7. The van der Waals surface area contributed by atoms with Crippen molar-refractivity contribution in [3.63, 3.8) is 0 Å². The lowest BCUT2D eigenvalue weighted by atomic mass is 10.1. The largest absolute Gasteiger partial charge is 0.489 e. The molecule has 0 aliphatic carbocycles. The number of aliphatic hydroxyl groups is 1. The van der Waals surface area contributed by atoms with E-state index in [0.717, 1.165) is 17.8 Å². The van der Waals surface area contributed by atoms with E-state index in [4.69, 9.17) is 9.47 Å². The van der Waals surface area contributed by atoms with Crippen LogP contribution in [-0.4, -0.2) is 43.0 Å². The predicted molar refractivity (Wildman–Crippen MR) is 101 cm³/mol. The van der Waals surface area contributed by atoms with Gasteiger partial charge in [0.05, 0.1) is 36.9 Å². The highest BCUT2D eigenvalue weighted by atomic mass is 19.4. The molecule has 1 saturated heterocycles. The van der Waals surface area contributed by atoms with Gasteiger partial charge in [-0.05, 0) is 55.5 Å². The van der Waals surface area contributed by atoms with E-state index in [1.54, 1.807) is 31.2 Å².